The van der Waals surface area contributed by atoms with Crippen molar-refractivity contribution in [3.63, 3.8) is 0 Å². The maximum absolute atomic E-state index is 6.10. The lowest BCUT2D eigenvalue weighted by Gasteiger charge is -2.18. The van der Waals surface area contributed by atoms with Crippen molar-refractivity contribution >= 4 is 17.3 Å². The van der Waals surface area contributed by atoms with E-state index in [1.807, 2.05) is 18.2 Å². The highest BCUT2D eigenvalue weighted by Gasteiger charge is 2.09. The minimum atomic E-state index is 0.405. The predicted molar refractivity (Wildman–Crippen MR) is 83.6 cm³/mol. The average molecular weight is 293 g/mol. The molecule has 108 valence electrons. The normalized spacial score (nSPS) is 12.3. The molecule has 1 N–H and O–H groups in total. The van der Waals surface area contributed by atoms with Crippen molar-refractivity contribution in [2.75, 3.05) is 5.32 Å². The first-order chi connectivity index (χ1) is 9.70. The Morgan fingerprint density at radius 1 is 1.35 bits per heavy atom. The third kappa shape index (κ3) is 3.97. The molecule has 1 heterocycles. The van der Waals surface area contributed by atoms with Crippen molar-refractivity contribution in [3.05, 3.63) is 35.9 Å². The Balaban J connectivity index is 2.12. The fourth-order valence-electron chi connectivity index (χ4n) is 2.19. The first-order valence-electron chi connectivity index (χ1n) is 7.11. The molecule has 2 aromatic rings. The summed E-state index contributed by atoms with van der Waals surface area (Å²) in [6, 6.07) is 6.17. The molecule has 0 aliphatic rings. The first kappa shape index (κ1) is 14.9. The molecule has 2 rings (SSSR count). The molecule has 0 amide bonds. The summed E-state index contributed by atoms with van der Waals surface area (Å²) < 4.78 is 1.75. The molecule has 1 aromatic carbocycles. The number of hydrogen-bond acceptors (Lipinski definition) is 3. The van der Waals surface area contributed by atoms with E-state index in [1.165, 1.54) is 25.6 Å². The fraction of sp³-hybridized carbons (Fsp3) is 0.467. The Hall–Kier alpha value is -1.55. The second kappa shape index (κ2) is 7.29. The van der Waals surface area contributed by atoms with E-state index in [4.69, 9.17) is 11.6 Å². The molecule has 4 nitrogen and oxygen atoms in total. The van der Waals surface area contributed by atoms with E-state index in [1.54, 1.807) is 11.0 Å². The van der Waals surface area contributed by atoms with Crippen LogP contribution in [0.1, 0.15) is 39.5 Å². The van der Waals surface area contributed by atoms with Crippen molar-refractivity contribution in [2.24, 2.45) is 0 Å². The molecule has 0 bridgehead atoms. The monoisotopic (exact) mass is 292 g/mol. The van der Waals surface area contributed by atoms with Gasteiger partial charge in [0.25, 0.3) is 0 Å². The minimum Gasteiger partial charge on any atom is -0.381 e. The molecule has 0 spiro atoms. The summed E-state index contributed by atoms with van der Waals surface area (Å²) in [4.78, 5) is 3.99. The number of aromatic nitrogens is 3. The van der Waals surface area contributed by atoms with Crippen molar-refractivity contribution in [2.45, 2.75) is 45.6 Å². The predicted octanol–water partition coefficient (Wildman–Crippen LogP) is 4.30. The van der Waals surface area contributed by atoms with Crippen molar-refractivity contribution < 1.29 is 0 Å². The molecule has 0 saturated heterocycles. The third-order valence-electron chi connectivity index (χ3n) is 3.27. The molecule has 1 atom stereocenters. The zero-order valence-electron chi connectivity index (χ0n) is 12.0. The van der Waals surface area contributed by atoms with Crippen LogP contribution in [-0.2, 0) is 0 Å². The highest BCUT2D eigenvalue weighted by Crippen LogP contribution is 2.25. The van der Waals surface area contributed by atoms with Crippen LogP contribution in [0.15, 0.2) is 30.9 Å². The van der Waals surface area contributed by atoms with Crippen molar-refractivity contribution in [1.29, 1.82) is 0 Å². The molecule has 0 aliphatic carbocycles. The van der Waals surface area contributed by atoms with Crippen LogP contribution in [0.3, 0.4) is 0 Å². The topological polar surface area (TPSA) is 42.7 Å². The molecule has 1 unspecified atom stereocenters. The van der Waals surface area contributed by atoms with Gasteiger partial charge >= 0.3 is 0 Å². The summed E-state index contributed by atoms with van der Waals surface area (Å²) in [5.41, 5.74) is 1.96. The van der Waals surface area contributed by atoms with Crippen molar-refractivity contribution in [3.8, 4) is 5.69 Å². The van der Waals surface area contributed by atoms with E-state index >= 15 is 0 Å². The number of unbranched alkanes of at least 4 members (excludes halogenated alkanes) is 2. The lowest BCUT2D eigenvalue weighted by molar-refractivity contribution is 0.614. The zero-order valence-corrected chi connectivity index (χ0v) is 12.8. The summed E-state index contributed by atoms with van der Waals surface area (Å²) in [6.07, 6.45) is 8.13. The van der Waals surface area contributed by atoms with E-state index in [0.717, 1.165) is 22.8 Å². The van der Waals surface area contributed by atoms with E-state index < -0.39 is 0 Å². The standard InChI is InChI=1S/C15H21ClN4/c1-3-4-5-6-12(2)19-14-9-13(16)7-8-15(14)20-11-17-10-18-20/h7-12,19H,3-6H2,1-2H3. The van der Waals surface area contributed by atoms with Gasteiger partial charge in [0.05, 0.1) is 11.4 Å². The molecule has 0 saturated carbocycles. The largest absolute Gasteiger partial charge is 0.381 e. The highest BCUT2D eigenvalue weighted by molar-refractivity contribution is 6.31. The number of rotatable bonds is 7. The summed E-state index contributed by atoms with van der Waals surface area (Å²) in [7, 11) is 0. The number of benzene rings is 1. The van der Waals surface area contributed by atoms with Gasteiger partial charge in [-0.2, -0.15) is 5.10 Å². The number of anilines is 1. The van der Waals surface area contributed by atoms with Crippen molar-refractivity contribution in [1.82, 2.24) is 14.8 Å². The highest BCUT2D eigenvalue weighted by atomic mass is 35.5. The quantitative estimate of drug-likeness (QED) is 0.774. The van der Waals surface area contributed by atoms with Crippen LogP contribution in [0.5, 0.6) is 0 Å². The summed E-state index contributed by atoms with van der Waals surface area (Å²) in [6.45, 7) is 4.42. The average Bonchev–Trinajstić information content (AvgIpc) is 2.93. The Kier molecular flexibility index (Phi) is 5.41. The van der Waals surface area contributed by atoms with E-state index in [2.05, 4.69) is 29.2 Å². The molecule has 5 heteroatoms. The van der Waals surface area contributed by atoms with Gasteiger partial charge in [-0.25, -0.2) is 9.67 Å². The van der Waals surface area contributed by atoms with Crippen LogP contribution in [0, 0.1) is 0 Å². The van der Waals surface area contributed by atoms with Gasteiger partial charge in [0.1, 0.15) is 12.7 Å². The Morgan fingerprint density at radius 3 is 2.90 bits per heavy atom. The number of nitrogens with zero attached hydrogens (tertiary/aromatic N) is 3. The first-order valence-corrected chi connectivity index (χ1v) is 7.49. The zero-order chi connectivity index (χ0) is 14.4. The van der Waals surface area contributed by atoms with Gasteiger partial charge in [-0.1, -0.05) is 37.8 Å². The van der Waals surface area contributed by atoms with Gasteiger partial charge in [0.15, 0.2) is 0 Å². The number of hydrogen-bond donors (Lipinski definition) is 1. The molecule has 0 radical (unpaired) electrons. The lowest BCUT2D eigenvalue weighted by atomic mass is 10.1. The van der Waals surface area contributed by atoms with Gasteiger partial charge < -0.3 is 5.32 Å². The van der Waals surface area contributed by atoms with Crippen LogP contribution in [0.4, 0.5) is 5.69 Å². The minimum absolute atomic E-state index is 0.405. The van der Waals surface area contributed by atoms with E-state index in [-0.39, 0.29) is 0 Å². The van der Waals surface area contributed by atoms with Crippen LogP contribution < -0.4 is 5.32 Å². The van der Waals surface area contributed by atoms with Gasteiger partial charge in [-0.05, 0) is 31.5 Å². The maximum atomic E-state index is 6.10. The Labute approximate surface area is 125 Å². The van der Waals surface area contributed by atoms with Crippen LogP contribution in [0.2, 0.25) is 5.02 Å². The second-order valence-corrected chi connectivity index (χ2v) is 5.48. The number of nitrogens with one attached hydrogen (secondary N) is 1. The van der Waals surface area contributed by atoms with Gasteiger partial charge in [0.2, 0.25) is 0 Å². The molecule has 0 aliphatic heterocycles. The SMILES string of the molecule is CCCCCC(C)Nc1cc(Cl)ccc1-n1cncn1. The maximum Gasteiger partial charge on any atom is 0.138 e. The summed E-state index contributed by atoms with van der Waals surface area (Å²) >= 11 is 6.10. The van der Waals surface area contributed by atoms with Crippen LogP contribution >= 0.6 is 11.6 Å². The van der Waals surface area contributed by atoms with Gasteiger partial charge in [-0.15, -0.1) is 0 Å². The summed E-state index contributed by atoms with van der Waals surface area (Å²) in [5.74, 6) is 0. The number of halogens is 1. The fourth-order valence-corrected chi connectivity index (χ4v) is 2.37. The molecular weight excluding hydrogens is 272 g/mol. The van der Waals surface area contributed by atoms with Crippen LogP contribution in [-0.4, -0.2) is 20.8 Å². The Morgan fingerprint density at radius 2 is 2.20 bits per heavy atom. The molecular formula is C15H21ClN4. The van der Waals surface area contributed by atoms with E-state index in [9.17, 15) is 0 Å². The van der Waals surface area contributed by atoms with Crippen LogP contribution in [0.25, 0.3) is 5.69 Å². The molecule has 0 fully saturated rings. The Bertz CT molecular complexity index is 525. The summed E-state index contributed by atoms with van der Waals surface area (Å²) in [5, 5.41) is 8.43. The lowest BCUT2D eigenvalue weighted by Crippen LogP contribution is -2.16. The smallest absolute Gasteiger partial charge is 0.138 e. The second-order valence-electron chi connectivity index (χ2n) is 5.04. The van der Waals surface area contributed by atoms with E-state index in [0.29, 0.717) is 6.04 Å². The third-order valence-corrected chi connectivity index (χ3v) is 3.50. The van der Waals surface area contributed by atoms with Gasteiger partial charge in [0, 0.05) is 11.1 Å². The van der Waals surface area contributed by atoms with Gasteiger partial charge in [-0.3, -0.25) is 0 Å². The molecule has 1 aromatic heterocycles. The molecule has 20 heavy (non-hydrogen) atoms.